The van der Waals surface area contributed by atoms with Crippen LogP contribution in [0.1, 0.15) is 30.5 Å². The average Bonchev–Trinajstić information content (AvgIpc) is 2.85. The SMILES string of the molecule is CCc1cccc(CC)c1NC(=O)Cn1c(=O)n(Cc2cccnc2)c(=O)c2ncccc21. The number of amides is 1. The van der Waals surface area contributed by atoms with Gasteiger partial charge in [-0.15, -0.1) is 0 Å². The number of anilines is 1. The zero-order valence-electron chi connectivity index (χ0n) is 18.6. The number of aryl methyl sites for hydroxylation is 2. The normalized spacial score (nSPS) is 11.0. The molecule has 8 heteroatoms. The second kappa shape index (κ2) is 9.60. The Morgan fingerprint density at radius 1 is 0.939 bits per heavy atom. The van der Waals surface area contributed by atoms with Crippen molar-refractivity contribution >= 4 is 22.6 Å². The van der Waals surface area contributed by atoms with E-state index in [2.05, 4.69) is 15.3 Å². The Morgan fingerprint density at radius 3 is 2.33 bits per heavy atom. The third kappa shape index (κ3) is 4.45. The summed E-state index contributed by atoms with van der Waals surface area (Å²) in [6.07, 6.45) is 6.26. The fraction of sp³-hybridized carbons (Fsp3) is 0.240. The Hall–Kier alpha value is -4.07. The highest BCUT2D eigenvalue weighted by molar-refractivity contribution is 5.93. The van der Waals surface area contributed by atoms with Gasteiger partial charge in [0, 0.05) is 24.3 Å². The van der Waals surface area contributed by atoms with Crippen LogP contribution in [0, 0.1) is 0 Å². The first kappa shape index (κ1) is 22.1. The van der Waals surface area contributed by atoms with Crippen molar-refractivity contribution in [3.05, 3.63) is 98.6 Å². The summed E-state index contributed by atoms with van der Waals surface area (Å²) in [7, 11) is 0. The lowest BCUT2D eigenvalue weighted by atomic mass is 10.0. The number of pyridine rings is 2. The van der Waals surface area contributed by atoms with Crippen LogP contribution in [0.5, 0.6) is 0 Å². The molecular formula is C25H25N5O3. The van der Waals surface area contributed by atoms with E-state index in [9.17, 15) is 14.4 Å². The van der Waals surface area contributed by atoms with Gasteiger partial charge in [0.15, 0.2) is 5.52 Å². The maximum absolute atomic E-state index is 13.3. The number of hydrogen-bond acceptors (Lipinski definition) is 5. The van der Waals surface area contributed by atoms with E-state index in [-0.39, 0.29) is 24.5 Å². The summed E-state index contributed by atoms with van der Waals surface area (Å²) in [6, 6.07) is 12.7. The molecule has 168 valence electrons. The highest BCUT2D eigenvalue weighted by Crippen LogP contribution is 2.22. The number of carbonyl (C=O) groups is 1. The number of nitrogens with zero attached hydrogens (tertiary/aromatic N) is 4. The zero-order chi connectivity index (χ0) is 23.4. The first-order chi connectivity index (χ1) is 16.0. The van der Waals surface area contributed by atoms with Gasteiger partial charge in [-0.25, -0.2) is 9.78 Å². The van der Waals surface area contributed by atoms with Crippen LogP contribution in [0.15, 0.2) is 70.6 Å². The van der Waals surface area contributed by atoms with Gasteiger partial charge in [0.2, 0.25) is 5.91 Å². The third-order valence-corrected chi connectivity index (χ3v) is 5.62. The molecule has 1 aromatic carbocycles. The smallest absolute Gasteiger partial charge is 0.324 e. The van der Waals surface area contributed by atoms with Crippen LogP contribution in [0.4, 0.5) is 5.69 Å². The molecule has 4 rings (SSSR count). The van der Waals surface area contributed by atoms with Crippen molar-refractivity contribution < 1.29 is 4.79 Å². The standard InChI is InChI=1S/C25H25N5O3/c1-3-18-9-5-10-19(4-2)22(18)28-21(31)16-29-20-11-7-13-27-23(20)24(32)30(25(29)33)15-17-8-6-12-26-14-17/h5-14H,3-4,15-16H2,1-2H3,(H,28,31). The fourth-order valence-corrected chi connectivity index (χ4v) is 3.94. The van der Waals surface area contributed by atoms with Gasteiger partial charge in [-0.3, -0.25) is 23.7 Å². The van der Waals surface area contributed by atoms with E-state index in [1.54, 1.807) is 36.7 Å². The summed E-state index contributed by atoms with van der Waals surface area (Å²) in [6.45, 7) is 3.86. The molecule has 0 fully saturated rings. The minimum Gasteiger partial charge on any atom is -0.324 e. The number of nitrogens with one attached hydrogen (secondary N) is 1. The van der Waals surface area contributed by atoms with Crippen molar-refractivity contribution in [3.8, 4) is 0 Å². The first-order valence-corrected chi connectivity index (χ1v) is 10.9. The van der Waals surface area contributed by atoms with Crippen LogP contribution in [0.3, 0.4) is 0 Å². The van der Waals surface area contributed by atoms with Gasteiger partial charge in [-0.1, -0.05) is 38.1 Å². The number of carbonyl (C=O) groups excluding carboxylic acids is 1. The lowest BCUT2D eigenvalue weighted by Gasteiger charge is -2.16. The first-order valence-electron chi connectivity index (χ1n) is 10.9. The van der Waals surface area contributed by atoms with Crippen LogP contribution in [-0.4, -0.2) is 25.0 Å². The van der Waals surface area contributed by atoms with Crippen molar-refractivity contribution in [2.75, 3.05) is 5.32 Å². The molecule has 4 aromatic rings. The number of fused-ring (bicyclic) bond motifs is 1. The van der Waals surface area contributed by atoms with Crippen LogP contribution in [0.2, 0.25) is 0 Å². The molecule has 0 aliphatic carbocycles. The van der Waals surface area contributed by atoms with Crippen molar-refractivity contribution in [2.24, 2.45) is 0 Å². The van der Waals surface area contributed by atoms with Gasteiger partial charge in [-0.05, 0) is 47.7 Å². The third-order valence-electron chi connectivity index (χ3n) is 5.62. The maximum Gasteiger partial charge on any atom is 0.332 e. The predicted octanol–water partition coefficient (Wildman–Crippen LogP) is 2.77. The van der Waals surface area contributed by atoms with Gasteiger partial charge >= 0.3 is 5.69 Å². The number of benzene rings is 1. The predicted molar refractivity (Wildman–Crippen MR) is 127 cm³/mol. The van der Waals surface area contributed by atoms with Gasteiger partial charge in [0.1, 0.15) is 6.54 Å². The Morgan fingerprint density at radius 2 is 1.67 bits per heavy atom. The largest absolute Gasteiger partial charge is 0.332 e. The highest BCUT2D eigenvalue weighted by atomic mass is 16.2. The molecule has 0 spiro atoms. The monoisotopic (exact) mass is 443 g/mol. The summed E-state index contributed by atoms with van der Waals surface area (Å²) in [5.74, 6) is -0.343. The van der Waals surface area contributed by atoms with E-state index in [0.717, 1.165) is 34.2 Å². The van der Waals surface area contributed by atoms with Gasteiger partial charge in [0.25, 0.3) is 5.56 Å². The Balaban J connectivity index is 1.76. The molecule has 8 nitrogen and oxygen atoms in total. The summed E-state index contributed by atoms with van der Waals surface area (Å²) >= 11 is 0. The van der Waals surface area contributed by atoms with E-state index in [0.29, 0.717) is 11.1 Å². The molecule has 3 heterocycles. The summed E-state index contributed by atoms with van der Waals surface area (Å²) in [5.41, 5.74) is 2.94. The maximum atomic E-state index is 13.3. The molecule has 0 radical (unpaired) electrons. The highest BCUT2D eigenvalue weighted by Gasteiger charge is 2.18. The molecule has 0 bridgehead atoms. The van der Waals surface area contributed by atoms with E-state index in [1.165, 1.54) is 10.8 Å². The number of rotatable bonds is 7. The van der Waals surface area contributed by atoms with E-state index in [4.69, 9.17) is 0 Å². The molecule has 0 unspecified atom stereocenters. The Bertz CT molecular complexity index is 1400. The lowest BCUT2D eigenvalue weighted by Crippen LogP contribution is -2.42. The topological polar surface area (TPSA) is 98.9 Å². The molecule has 33 heavy (non-hydrogen) atoms. The van der Waals surface area contributed by atoms with E-state index < -0.39 is 11.2 Å². The second-order valence-corrected chi connectivity index (χ2v) is 7.70. The number of hydrogen-bond donors (Lipinski definition) is 1. The van der Waals surface area contributed by atoms with Crippen molar-refractivity contribution in [1.29, 1.82) is 0 Å². The summed E-state index contributed by atoms with van der Waals surface area (Å²) in [5, 5.41) is 2.99. The van der Waals surface area contributed by atoms with Crippen molar-refractivity contribution in [1.82, 2.24) is 19.1 Å². The average molecular weight is 444 g/mol. The molecule has 0 aliphatic rings. The van der Waals surface area contributed by atoms with E-state index in [1.807, 2.05) is 32.0 Å². The minimum absolute atomic E-state index is 0.0400. The fourth-order valence-electron chi connectivity index (χ4n) is 3.94. The van der Waals surface area contributed by atoms with Gasteiger partial charge in [0.05, 0.1) is 12.1 Å². The quantitative estimate of drug-likeness (QED) is 0.474. The van der Waals surface area contributed by atoms with Gasteiger partial charge in [-0.2, -0.15) is 0 Å². The molecular weight excluding hydrogens is 418 g/mol. The second-order valence-electron chi connectivity index (χ2n) is 7.70. The Labute approximate surface area is 190 Å². The summed E-state index contributed by atoms with van der Waals surface area (Å²) in [4.78, 5) is 47.7. The molecule has 0 aliphatic heterocycles. The number of aromatic nitrogens is 4. The van der Waals surface area contributed by atoms with Crippen LogP contribution in [0.25, 0.3) is 11.0 Å². The van der Waals surface area contributed by atoms with Crippen LogP contribution < -0.4 is 16.6 Å². The zero-order valence-corrected chi connectivity index (χ0v) is 18.6. The van der Waals surface area contributed by atoms with Crippen molar-refractivity contribution in [2.45, 2.75) is 39.8 Å². The molecule has 3 aromatic heterocycles. The molecule has 0 atom stereocenters. The molecule has 0 saturated heterocycles. The van der Waals surface area contributed by atoms with Crippen molar-refractivity contribution in [3.63, 3.8) is 0 Å². The van der Waals surface area contributed by atoms with Gasteiger partial charge < -0.3 is 5.32 Å². The Kier molecular flexibility index (Phi) is 6.44. The molecule has 1 N–H and O–H groups in total. The molecule has 1 amide bonds. The van der Waals surface area contributed by atoms with Crippen LogP contribution >= 0.6 is 0 Å². The van der Waals surface area contributed by atoms with E-state index >= 15 is 0 Å². The van der Waals surface area contributed by atoms with Crippen LogP contribution in [-0.2, 0) is 30.7 Å². The lowest BCUT2D eigenvalue weighted by molar-refractivity contribution is -0.116. The molecule has 0 saturated carbocycles. The number of para-hydroxylation sites is 1. The minimum atomic E-state index is -0.570. The summed E-state index contributed by atoms with van der Waals surface area (Å²) < 4.78 is 2.40.